The second-order valence-electron chi connectivity index (χ2n) is 4.63. The summed E-state index contributed by atoms with van der Waals surface area (Å²) >= 11 is 1.38. The van der Waals surface area contributed by atoms with Crippen LogP contribution in [0.2, 0.25) is 0 Å². The summed E-state index contributed by atoms with van der Waals surface area (Å²) in [4.78, 5) is 0. The molecular formula is C15H21N3OS. The molecule has 0 saturated heterocycles. The quantitative estimate of drug-likeness (QED) is 0.809. The summed E-state index contributed by atoms with van der Waals surface area (Å²) in [5.41, 5.74) is 2.17. The highest BCUT2D eigenvalue weighted by Crippen LogP contribution is 2.23. The van der Waals surface area contributed by atoms with Crippen LogP contribution in [0.5, 0.6) is 5.75 Å². The molecule has 0 saturated carbocycles. The average Bonchev–Trinajstić information content (AvgIpc) is 3.01. The zero-order valence-electron chi connectivity index (χ0n) is 12.0. The smallest absolute Gasteiger partial charge is 0.119 e. The van der Waals surface area contributed by atoms with Gasteiger partial charge >= 0.3 is 0 Å². The first-order valence-corrected chi connectivity index (χ1v) is 7.92. The van der Waals surface area contributed by atoms with Gasteiger partial charge in [-0.05, 0) is 48.6 Å². The molecule has 1 atom stereocenters. The van der Waals surface area contributed by atoms with E-state index in [1.807, 2.05) is 17.5 Å². The van der Waals surface area contributed by atoms with Gasteiger partial charge in [-0.2, -0.15) is 0 Å². The standard InChI is InChI=1S/C15H21N3OS/c1-3-9-16-15(14-11-20-18-17-14)12-5-7-13(8-6-12)19-10-4-2/h5-8,11,15-16H,3-4,9-10H2,1-2H3. The third-order valence-electron chi connectivity index (χ3n) is 2.96. The van der Waals surface area contributed by atoms with Crippen molar-refractivity contribution in [1.29, 1.82) is 0 Å². The third kappa shape index (κ3) is 4.02. The first-order chi connectivity index (χ1) is 9.85. The van der Waals surface area contributed by atoms with E-state index in [2.05, 4.69) is 40.9 Å². The minimum absolute atomic E-state index is 0.105. The lowest BCUT2D eigenvalue weighted by atomic mass is 10.0. The van der Waals surface area contributed by atoms with E-state index in [1.54, 1.807) is 0 Å². The summed E-state index contributed by atoms with van der Waals surface area (Å²) in [5, 5.41) is 9.70. The zero-order valence-corrected chi connectivity index (χ0v) is 12.8. The van der Waals surface area contributed by atoms with Crippen molar-refractivity contribution in [1.82, 2.24) is 14.9 Å². The largest absolute Gasteiger partial charge is 0.494 e. The normalized spacial score (nSPS) is 12.3. The molecule has 4 nitrogen and oxygen atoms in total. The molecule has 20 heavy (non-hydrogen) atoms. The molecule has 0 amide bonds. The summed E-state index contributed by atoms with van der Waals surface area (Å²) in [6.45, 7) is 5.97. The van der Waals surface area contributed by atoms with E-state index in [9.17, 15) is 0 Å². The molecular weight excluding hydrogens is 270 g/mol. The fourth-order valence-electron chi connectivity index (χ4n) is 1.96. The Morgan fingerprint density at radius 1 is 1.20 bits per heavy atom. The maximum absolute atomic E-state index is 5.62. The SMILES string of the molecule is CCCNC(c1ccc(OCCC)cc1)c1csnn1. The zero-order chi connectivity index (χ0) is 14.2. The van der Waals surface area contributed by atoms with Crippen LogP contribution < -0.4 is 10.1 Å². The fraction of sp³-hybridized carbons (Fsp3) is 0.467. The van der Waals surface area contributed by atoms with Crippen LogP contribution in [-0.4, -0.2) is 22.7 Å². The number of hydrogen-bond donors (Lipinski definition) is 1. The van der Waals surface area contributed by atoms with Crippen LogP contribution in [0.1, 0.15) is 44.0 Å². The van der Waals surface area contributed by atoms with Gasteiger partial charge in [0, 0.05) is 5.38 Å². The van der Waals surface area contributed by atoms with E-state index in [-0.39, 0.29) is 6.04 Å². The summed E-state index contributed by atoms with van der Waals surface area (Å²) < 4.78 is 9.58. The van der Waals surface area contributed by atoms with E-state index >= 15 is 0 Å². The molecule has 0 spiro atoms. The molecule has 1 heterocycles. The summed E-state index contributed by atoms with van der Waals surface area (Å²) in [7, 11) is 0. The fourth-order valence-corrected chi connectivity index (χ4v) is 2.44. The monoisotopic (exact) mass is 291 g/mol. The van der Waals surface area contributed by atoms with Gasteiger partial charge in [-0.3, -0.25) is 0 Å². The molecule has 0 bridgehead atoms. The van der Waals surface area contributed by atoms with Crippen molar-refractivity contribution < 1.29 is 4.74 Å². The molecule has 1 aromatic heterocycles. The van der Waals surface area contributed by atoms with Crippen molar-refractivity contribution in [3.63, 3.8) is 0 Å². The Bertz CT molecular complexity index is 484. The van der Waals surface area contributed by atoms with Gasteiger partial charge in [-0.1, -0.05) is 30.5 Å². The summed E-state index contributed by atoms with van der Waals surface area (Å²) in [6.07, 6.45) is 2.11. The molecule has 2 aromatic rings. The van der Waals surface area contributed by atoms with E-state index in [0.717, 1.165) is 37.4 Å². The Hall–Kier alpha value is -1.46. The van der Waals surface area contributed by atoms with Gasteiger partial charge in [0.15, 0.2) is 0 Å². The van der Waals surface area contributed by atoms with Gasteiger partial charge in [0.25, 0.3) is 0 Å². The predicted octanol–water partition coefficient (Wildman–Crippen LogP) is 3.42. The first kappa shape index (κ1) is 14.9. The van der Waals surface area contributed by atoms with Crippen molar-refractivity contribution in [3.8, 4) is 5.75 Å². The molecule has 2 rings (SSSR count). The van der Waals surface area contributed by atoms with Gasteiger partial charge in [0.1, 0.15) is 5.75 Å². The number of benzene rings is 1. The van der Waals surface area contributed by atoms with Crippen molar-refractivity contribution in [2.24, 2.45) is 0 Å². The minimum atomic E-state index is 0.105. The second kappa shape index (κ2) is 7.97. The molecule has 108 valence electrons. The lowest BCUT2D eigenvalue weighted by molar-refractivity contribution is 0.317. The van der Waals surface area contributed by atoms with Gasteiger partial charge in [-0.25, -0.2) is 0 Å². The van der Waals surface area contributed by atoms with Crippen LogP contribution in [-0.2, 0) is 0 Å². The Morgan fingerprint density at radius 2 is 2.00 bits per heavy atom. The number of nitrogens with zero attached hydrogens (tertiary/aromatic N) is 2. The van der Waals surface area contributed by atoms with Crippen molar-refractivity contribution in [2.75, 3.05) is 13.2 Å². The maximum atomic E-state index is 5.62. The third-order valence-corrected chi connectivity index (χ3v) is 3.48. The molecule has 1 aromatic carbocycles. The first-order valence-electron chi connectivity index (χ1n) is 7.08. The highest BCUT2D eigenvalue weighted by molar-refractivity contribution is 7.03. The molecule has 5 heteroatoms. The average molecular weight is 291 g/mol. The topological polar surface area (TPSA) is 47.0 Å². The van der Waals surface area contributed by atoms with Gasteiger partial charge in [0.05, 0.1) is 18.3 Å². The Labute approximate surface area is 124 Å². The summed E-state index contributed by atoms with van der Waals surface area (Å²) in [5.74, 6) is 0.918. The molecule has 0 aliphatic heterocycles. The van der Waals surface area contributed by atoms with E-state index in [0.29, 0.717) is 0 Å². The lowest BCUT2D eigenvalue weighted by Gasteiger charge is -2.17. The highest BCUT2D eigenvalue weighted by atomic mass is 32.1. The van der Waals surface area contributed by atoms with E-state index < -0.39 is 0 Å². The predicted molar refractivity (Wildman–Crippen MR) is 82.3 cm³/mol. The molecule has 1 N–H and O–H groups in total. The maximum Gasteiger partial charge on any atom is 0.119 e. The second-order valence-corrected chi connectivity index (χ2v) is 5.24. The van der Waals surface area contributed by atoms with Gasteiger partial charge < -0.3 is 10.1 Å². The van der Waals surface area contributed by atoms with Crippen LogP contribution in [0.3, 0.4) is 0 Å². The van der Waals surface area contributed by atoms with Crippen molar-refractivity contribution in [2.45, 2.75) is 32.7 Å². The van der Waals surface area contributed by atoms with Crippen LogP contribution >= 0.6 is 11.5 Å². The highest BCUT2D eigenvalue weighted by Gasteiger charge is 2.15. The van der Waals surface area contributed by atoms with Crippen LogP contribution in [0, 0.1) is 0 Å². The lowest BCUT2D eigenvalue weighted by Crippen LogP contribution is -2.23. The molecule has 0 aliphatic carbocycles. The van der Waals surface area contributed by atoms with Gasteiger partial charge in [0.2, 0.25) is 0 Å². The molecule has 0 aliphatic rings. The number of hydrogen-bond acceptors (Lipinski definition) is 5. The van der Waals surface area contributed by atoms with E-state index in [1.165, 1.54) is 17.1 Å². The van der Waals surface area contributed by atoms with E-state index in [4.69, 9.17) is 4.74 Å². The Morgan fingerprint density at radius 3 is 2.60 bits per heavy atom. The summed E-state index contributed by atoms with van der Waals surface area (Å²) in [6, 6.07) is 8.33. The number of nitrogens with one attached hydrogen (secondary N) is 1. The van der Waals surface area contributed by atoms with Crippen molar-refractivity contribution >= 4 is 11.5 Å². The molecule has 1 unspecified atom stereocenters. The number of rotatable bonds is 8. The molecule has 0 fully saturated rings. The Kier molecular flexibility index (Phi) is 5.95. The number of ether oxygens (including phenoxy) is 1. The number of aromatic nitrogens is 2. The van der Waals surface area contributed by atoms with Crippen LogP contribution in [0.25, 0.3) is 0 Å². The molecule has 0 radical (unpaired) electrons. The van der Waals surface area contributed by atoms with Crippen molar-refractivity contribution in [3.05, 3.63) is 40.9 Å². The van der Waals surface area contributed by atoms with Crippen LogP contribution in [0.4, 0.5) is 0 Å². The van der Waals surface area contributed by atoms with Gasteiger partial charge in [-0.15, -0.1) is 5.10 Å². The Balaban J connectivity index is 2.12. The van der Waals surface area contributed by atoms with Crippen LogP contribution in [0.15, 0.2) is 29.6 Å². The minimum Gasteiger partial charge on any atom is -0.494 e.